The van der Waals surface area contributed by atoms with Crippen LogP contribution in [0, 0.1) is 0 Å². The van der Waals surface area contributed by atoms with Crippen LogP contribution in [0.15, 0.2) is 59.1 Å². The lowest BCUT2D eigenvalue weighted by molar-refractivity contribution is 0.778. The van der Waals surface area contributed by atoms with Gasteiger partial charge in [-0.3, -0.25) is 9.59 Å². The zero-order chi connectivity index (χ0) is 20.0. The maximum atomic E-state index is 13.2. The molecule has 0 radical (unpaired) electrons. The number of para-hydroxylation sites is 1. The molecule has 4 aromatic rings. The van der Waals surface area contributed by atoms with Crippen LogP contribution < -0.4 is 10.9 Å². The summed E-state index contributed by atoms with van der Waals surface area (Å²) in [5, 5.41) is 1.90. The minimum Gasteiger partial charge on any atom is -0.341 e. The molecule has 140 valence electrons. The fraction of sp³-hybridized carbons (Fsp3) is 0.167. The molecule has 2 heterocycles. The highest BCUT2D eigenvalue weighted by molar-refractivity contribution is 6.01. The van der Waals surface area contributed by atoms with E-state index in [4.69, 9.17) is 0 Å². The van der Waals surface area contributed by atoms with Crippen molar-refractivity contribution >= 4 is 44.9 Å². The molecule has 0 saturated heterocycles. The summed E-state index contributed by atoms with van der Waals surface area (Å²) < 4.78 is 4.11. The molecular formula is C24H22N2O2. The third kappa shape index (κ3) is 2.31. The van der Waals surface area contributed by atoms with Crippen LogP contribution in [0.2, 0.25) is 0 Å². The first-order chi connectivity index (χ1) is 13.6. The summed E-state index contributed by atoms with van der Waals surface area (Å²) in [6.45, 7) is 13.1. The number of aryl methyl sites for hydroxylation is 2. The third-order valence-electron chi connectivity index (χ3n) is 5.47. The summed E-state index contributed by atoms with van der Waals surface area (Å²) >= 11 is 0. The Morgan fingerprint density at radius 2 is 1.39 bits per heavy atom. The molecule has 0 atom stereocenters. The third-order valence-corrected chi connectivity index (χ3v) is 5.47. The van der Waals surface area contributed by atoms with Crippen molar-refractivity contribution in [3.05, 3.63) is 81.3 Å². The van der Waals surface area contributed by atoms with Gasteiger partial charge >= 0.3 is 0 Å². The Kier molecular flexibility index (Phi) is 4.27. The number of hydrogen-bond donors (Lipinski definition) is 0. The summed E-state index contributed by atoms with van der Waals surface area (Å²) in [4.78, 5) is 26.4. The average Bonchev–Trinajstić information content (AvgIpc) is 2.73. The molecule has 4 heteroatoms. The van der Waals surface area contributed by atoms with Gasteiger partial charge in [0.15, 0.2) is 10.9 Å². The molecule has 2 aromatic heterocycles. The fourth-order valence-electron chi connectivity index (χ4n) is 4.20. The predicted molar refractivity (Wildman–Crippen MR) is 119 cm³/mol. The maximum Gasteiger partial charge on any atom is 0.197 e. The van der Waals surface area contributed by atoms with Crippen LogP contribution in [0.25, 0.3) is 44.9 Å². The number of nitrogens with zero attached hydrogens (tertiary/aromatic N) is 2. The predicted octanol–water partition coefficient (Wildman–Crippen LogP) is 4.80. The van der Waals surface area contributed by atoms with Gasteiger partial charge in [0.25, 0.3) is 0 Å². The molecule has 0 fully saturated rings. The molecule has 0 unspecified atom stereocenters. The number of rotatable bonds is 4. The van der Waals surface area contributed by atoms with Gasteiger partial charge in [0.1, 0.15) is 0 Å². The Labute approximate surface area is 162 Å². The van der Waals surface area contributed by atoms with Crippen molar-refractivity contribution in [2.24, 2.45) is 0 Å². The van der Waals surface area contributed by atoms with Crippen LogP contribution in [0.4, 0.5) is 0 Å². The van der Waals surface area contributed by atoms with Crippen LogP contribution in [-0.2, 0) is 13.1 Å². The van der Waals surface area contributed by atoms with Crippen molar-refractivity contribution in [3.63, 3.8) is 0 Å². The van der Waals surface area contributed by atoms with Gasteiger partial charge in [0.2, 0.25) is 0 Å². The topological polar surface area (TPSA) is 44.0 Å². The minimum atomic E-state index is -0.0882. The van der Waals surface area contributed by atoms with Gasteiger partial charge < -0.3 is 9.13 Å². The fourth-order valence-corrected chi connectivity index (χ4v) is 4.20. The number of aromatic nitrogens is 2. The Hall–Kier alpha value is -3.40. The maximum absolute atomic E-state index is 13.2. The van der Waals surface area contributed by atoms with Crippen molar-refractivity contribution in [1.82, 2.24) is 9.13 Å². The van der Waals surface area contributed by atoms with Crippen molar-refractivity contribution in [2.45, 2.75) is 26.9 Å². The van der Waals surface area contributed by atoms with E-state index in [1.54, 1.807) is 12.2 Å². The first-order valence-electron chi connectivity index (χ1n) is 9.48. The number of benzene rings is 2. The molecule has 4 rings (SSSR count). The second-order valence-corrected chi connectivity index (χ2v) is 6.76. The average molecular weight is 370 g/mol. The molecule has 0 aliphatic rings. The SMILES string of the molecule is C=Cc1c(C=C)n(CC)c2cc3c(=O)c4ccccc4n(CC)c3cc2c1=O. The summed E-state index contributed by atoms with van der Waals surface area (Å²) in [6, 6.07) is 11.3. The second-order valence-electron chi connectivity index (χ2n) is 6.76. The van der Waals surface area contributed by atoms with Crippen molar-refractivity contribution in [2.75, 3.05) is 0 Å². The largest absolute Gasteiger partial charge is 0.341 e. The van der Waals surface area contributed by atoms with Crippen LogP contribution in [0.3, 0.4) is 0 Å². The highest BCUT2D eigenvalue weighted by Crippen LogP contribution is 2.26. The van der Waals surface area contributed by atoms with Gasteiger partial charge in [0.05, 0.1) is 22.2 Å². The van der Waals surface area contributed by atoms with E-state index in [1.807, 2.05) is 54.8 Å². The van der Waals surface area contributed by atoms with Gasteiger partial charge in [-0.25, -0.2) is 0 Å². The van der Waals surface area contributed by atoms with Crippen molar-refractivity contribution in [3.8, 4) is 0 Å². The quantitative estimate of drug-likeness (QED) is 0.485. The summed E-state index contributed by atoms with van der Waals surface area (Å²) in [5.74, 6) is 0. The molecule has 0 aliphatic heterocycles. The van der Waals surface area contributed by atoms with Crippen LogP contribution >= 0.6 is 0 Å². The smallest absolute Gasteiger partial charge is 0.197 e. The number of pyridine rings is 2. The van der Waals surface area contributed by atoms with E-state index in [2.05, 4.69) is 17.7 Å². The summed E-state index contributed by atoms with van der Waals surface area (Å²) in [6.07, 6.45) is 3.26. The van der Waals surface area contributed by atoms with Crippen LogP contribution in [0.5, 0.6) is 0 Å². The first kappa shape index (κ1) is 18.0. The Morgan fingerprint density at radius 3 is 2.00 bits per heavy atom. The standard InChI is InChI=1S/C24H22N2O2/c1-5-15-19(6-2)25(7-3)21-14-18-22(13-17(21)23(15)27)26(8-4)20-12-10-9-11-16(20)24(18)28/h5-6,9-14H,1-2,7-8H2,3-4H3. The monoisotopic (exact) mass is 370 g/mol. The molecule has 28 heavy (non-hydrogen) atoms. The van der Waals surface area contributed by atoms with E-state index >= 15 is 0 Å². The number of fused-ring (bicyclic) bond motifs is 3. The lowest BCUT2D eigenvalue weighted by atomic mass is 10.0. The normalized spacial score (nSPS) is 11.4. The van der Waals surface area contributed by atoms with Crippen LogP contribution in [0.1, 0.15) is 25.1 Å². The lowest BCUT2D eigenvalue weighted by Gasteiger charge is -2.18. The van der Waals surface area contributed by atoms with Crippen LogP contribution in [-0.4, -0.2) is 9.13 Å². The Balaban J connectivity index is 2.36. The van der Waals surface area contributed by atoms with Gasteiger partial charge in [-0.1, -0.05) is 31.4 Å². The van der Waals surface area contributed by atoms with E-state index < -0.39 is 0 Å². The molecule has 0 bridgehead atoms. The van der Waals surface area contributed by atoms with Gasteiger partial charge in [-0.2, -0.15) is 0 Å². The van der Waals surface area contributed by atoms with E-state index in [1.165, 1.54) is 0 Å². The van der Waals surface area contributed by atoms with Crippen molar-refractivity contribution < 1.29 is 0 Å². The van der Waals surface area contributed by atoms with Gasteiger partial charge in [-0.15, -0.1) is 0 Å². The Morgan fingerprint density at radius 1 is 0.786 bits per heavy atom. The van der Waals surface area contributed by atoms with E-state index in [9.17, 15) is 9.59 Å². The Bertz CT molecular complexity index is 1400. The minimum absolute atomic E-state index is 0.0137. The molecular weight excluding hydrogens is 348 g/mol. The van der Waals surface area contributed by atoms with E-state index in [0.717, 1.165) is 22.2 Å². The first-order valence-corrected chi connectivity index (χ1v) is 9.48. The lowest BCUT2D eigenvalue weighted by Crippen LogP contribution is -2.18. The zero-order valence-electron chi connectivity index (χ0n) is 16.2. The summed E-state index contributed by atoms with van der Waals surface area (Å²) in [7, 11) is 0. The highest BCUT2D eigenvalue weighted by atomic mass is 16.1. The molecule has 4 nitrogen and oxygen atoms in total. The van der Waals surface area contributed by atoms with E-state index in [-0.39, 0.29) is 10.9 Å². The molecule has 0 N–H and O–H groups in total. The summed E-state index contributed by atoms with van der Waals surface area (Å²) in [5.41, 5.74) is 3.57. The van der Waals surface area contributed by atoms with Gasteiger partial charge in [0, 0.05) is 34.8 Å². The molecule has 0 amide bonds. The van der Waals surface area contributed by atoms with E-state index in [0.29, 0.717) is 34.8 Å². The molecule has 0 saturated carbocycles. The second kappa shape index (κ2) is 6.64. The van der Waals surface area contributed by atoms with Gasteiger partial charge in [-0.05, 0) is 44.2 Å². The van der Waals surface area contributed by atoms with Crippen molar-refractivity contribution in [1.29, 1.82) is 0 Å². The number of hydrogen-bond acceptors (Lipinski definition) is 2. The zero-order valence-corrected chi connectivity index (χ0v) is 16.2. The molecule has 2 aromatic carbocycles. The molecule has 0 aliphatic carbocycles. The molecule has 0 spiro atoms. The highest BCUT2D eigenvalue weighted by Gasteiger charge is 2.16.